The molecule has 1 amide bonds. The minimum Gasteiger partial charge on any atom is -0.490 e. The standard InChI is InChI=1S/C43H59ClN4O4S/c1-30-9-7-19-43(51-3,28-46-21-22-47-20-6-5-11-36(47)26-46)38-15-12-34(38)25-48-27-42(18-8-10-32-23-35(44)14-16-37(32)42)29-52-40-17-13-33(24-39(40)48)41(49)45-53(4,50)31(30)2/h7,13-14,16-17,19,23-24,30-31,34,36,38H,4-6,8-12,15,18,20-22,25-29H2,1-3H3,(H,45,49,50)/b19-7+/t30-,31+,34-,36-,38+,42-,43+,53?/m0/s1. The molecule has 53 heavy (non-hydrogen) atoms. The van der Waals surface area contributed by atoms with E-state index in [1.807, 2.05) is 38.3 Å². The van der Waals surface area contributed by atoms with Crippen LogP contribution in [-0.2, 0) is 26.3 Å². The first kappa shape index (κ1) is 37.4. The number of nitrogens with zero attached hydrogens (tertiary/aromatic N) is 3. The number of benzene rings is 2. The Morgan fingerprint density at radius 3 is 2.74 bits per heavy atom. The van der Waals surface area contributed by atoms with Crippen molar-refractivity contribution in [3.63, 3.8) is 0 Å². The summed E-state index contributed by atoms with van der Waals surface area (Å²) in [6, 6.07) is 12.7. The third kappa shape index (κ3) is 7.19. The van der Waals surface area contributed by atoms with Gasteiger partial charge in [-0.25, -0.2) is 4.21 Å². The molecule has 2 aliphatic carbocycles. The molecule has 8 rings (SSSR count). The number of halogens is 1. The zero-order valence-electron chi connectivity index (χ0n) is 32.0. The van der Waals surface area contributed by atoms with E-state index in [1.165, 1.54) is 36.9 Å². The molecule has 1 N–H and O–H groups in total. The lowest BCUT2D eigenvalue weighted by Crippen LogP contribution is -2.61. The highest BCUT2D eigenvalue weighted by Crippen LogP contribution is 2.49. The van der Waals surface area contributed by atoms with E-state index < -0.39 is 15.3 Å². The molecule has 288 valence electrons. The summed E-state index contributed by atoms with van der Waals surface area (Å²) in [5, 5.41) is 0.452. The highest BCUT2D eigenvalue weighted by Gasteiger charge is 2.50. The lowest BCUT2D eigenvalue weighted by molar-refractivity contribution is -0.100. The Morgan fingerprint density at radius 1 is 1.06 bits per heavy atom. The fourth-order valence-electron chi connectivity index (χ4n) is 10.6. The maximum atomic E-state index is 14.1. The molecule has 2 aromatic carbocycles. The molecule has 3 fully saturated rings. The SMILES string of the molecule is C=S1(=O)NC(=O)c2ccc3c(c2)N(C[C@@H]2CC[C@H]2[C@@](CN2CCN4CCCC[C@H]4C2)(OC)/C=C/C[C@H](C)[C@H]1C)C[C@@]1(CCCc2cc(Cl)ccc21)CO3. The van der Waals surface area contributed by atoms with Gasteiger partial charge in [-0.05, 0) is 130 Å². The van der Waals surface area contributed by atoms with E-state index >= 15 is 0 Å². The first-order valence-corrected chi connectivity index (χ1v) is 22.3. The zero-order chi connectivity index (χ0) is 37.0. The molecule has 8 nitrogen and oxygen atoms in total. The number of rotatable bonds is 3. The minimum absolute atomic E-state index is 0.0439. The average molecular weight is 763 g/mol. The third-order valence-corrected chi connectivity index (χ3v) is 16.6. The van der Waals surface area contributed by atoms with Crippen LogP contribution in [0.25, 0.3) is 0 Å². The van der Waals surface area contributed by atoms with E-state index in [2.05, 4.69) is 56.5 Å². The summed E-state index contributed by atoms with van der Waals surface area (Å²) in [5.41, 5.74) is 3.38. The highest BCUT2D eigenvalue weighted by atomic mass is 35.5. The fourth-order valence-corrected chi connectivity index (χ4v) is 12.3. The first-order chi connectivity index (χ1) is 25.5. The summed E-state index contributed by atoms with van der Waals surface area (Å²) in [6.07, 6.45) is 14.6. The van der Waals surface area contributed by atoms with Gasteiger partial charge in [-0.1, -0.05) is 43.2 Å². The van der Waals surface area contributed by atoms with Crippen LogP contribution in [0.5, 0.6) is 5.75 Å². The number of methoxy groups -OCH3 is 1. The number of carbonyl (C=O) groups is 1. The monoisotopic (exact) mass is 762 g/mol. The van der Waals surface area contributed by atoms with E-state index in [0.717, 1.165) is 94.3 Å². The van der Waals surface area contributed by atoms with Crippen LogP contribution in [-0.4, -0.2) is 102 Å². The van der Waals surface area contributed by atoms with Crippen molar-refractivity contribution in [2.75, 3.05) is 64.4 Å². The highest BCUT2D eigenvalue weighted by molar-refractivity contribution is 7.99. The zero-order valence-corrected chi connectivity index (χ0v) is 33.6. The maximum absolute atomic E-state index is 14.1. The molecule has 4 aliphatic heterocycles. The van der Waals surface area contributed by atoms with Gasteiger partial charge in [-0.3, -0.25) is 19.3 Å². The summed E-state index contributed by atoms with van der Waals surface area (Å²) in [7, 11) is -1.03. The van der Waals surface area contributed by atoms with Gasteiger partial charge in [0, 0.05) is 73.7 Å². The Hall–Kier alpha value is -2.56. The van der Waals surface area contributed by atoms with Crippen molar-refractivity contribution in [2.45, 2.75) is 93.9 Å². The number of ether oxygens (including phenoxy) is 2. The second kappa shape index (κ2) is 14.8. The van der Waals surface area contributed by atoms with Gasteiger partial charge in [0.2, 0.25) is 0 Å². The number of piperidine rings is 1. The van der Waals surface area contributed by atoms with Crippen LogP contribution >= 0.6 is 11.6 Å². The number of carbonyl (C=O) groups excluding carboxylic acids is 1. The molecule has 1 saturated carbocycles. The number of allylic oxidation sites excluding steroid dienone is 1. The number of hydrogen-bond donors (Lipinski definition) is 1. The van der Waals surface area contributed by atoms with Gasteiger partial charge in [0.25, 0.3) is 5.91 Å². The van der Waals surface area contributed by atoms with Crippen LogP contribution in [0.3, 0.4) is 0 Å². The van der Waals surface area contributed by atoms with E-state index in [9.17, 15) is 9.00 Å². The fraction of sp³-hybridized carbons (Fsp3) is 0.628. The first-order valence-electron chi connectivity index (χ1n) is 20.2. The molecule has 0 radical (unpaired) electrons. The Morgan fingerprint density at radius 2 is 1.92 bits per heavy atom. The van der Waals surface area contributed by atoms with Gasteiger partial charge >= 0.3 is 0 Å². The smallest absolute Gasteiger partial charge is 0.262 e. The Balaban J connectivity index is 1.19. The molecule has 4 heterocycles. The molecule has 0 aromatic heterocycles. The van der Waals surface area contributed by atoms with Crippen LogP contribution in [0, 0.1) is 17.8 Å². The van der Waals surface area contributed by atoms with E-state index in [0.29, 0.717) is 30.0 Å². The average Bonchev–Trinajstić information content (AvgIpc) is 3.28. The molecule has 10 heteroatoms. The second-order valence-electron chi connectivity index (χ2n) is 17.3. The van der Waals surface area contributed by atoms with Crippen LogP contribution in [0.2, 0.25) is 5.02 Å². The molecular weight excluding hydrogens is 704 g/mol. The molecule has 6 aliphatic rings. The second-order valence-corrected chi connectivity index (χ2v) is 20.1. The molecule has 1 spiro atoms. The van der Waals surface area contributed by atoms with Crippen molar-refractivity contribution in [1.29, 1.82) is 0 Å². The number of anilines is 1. The van der Waals surface area contributed by atoms with Gasteiger partial charge in [-0.2, -0.15) is 0 Å². The number of fused-ring (bicyclic) bond motifs is 5. The molecule has 2 saturated heterocycles. The largest absolute Gasteiger partial charge is 0.490 e. The molecule has 2 aromatic rings. The predicted molar refractivity (Wildman–Crippen MR) is 217 cm³/mol. The number of hydrogen-bond acceptors (Lipinski definition) is 7. The Kier molecular flexibility index (Phi) is 10.5. The molecule has 1 unspecified atom stereocenters. The topological polar surface area (TPSA) is 74.4 Å². The van der Waals surface area contributed by atoms with Crippen LogP contribution in [0.15, 0.2) is 48.6 Å². The molecule has 8 atom stereocenters. The van der Waals surface area contributed by atoms with Crippen molar-refractivity contribution < 1.29 is 18.5 Å². The van der Waals surface area contributed by atoms with Gasteiger partial charge in [-0.15, -0.1) is 0 Å². The van der Waals surface area contributed by atoms with Crippen molar-refractivity contribution in [1.82, 2.24) is 14.5 Å². The molecular formula is C43H59ClN4O4S. The van der Waals surface area contributed by atoms with Crippen molar-refractivity contribution in [3.8, 4) is 5.75 Å². The number of amides is 1. The summed E-state index contributed by atoms with van der Waals surface area (Å²) < 4.78 is 30.5. The number of nitrogens with one attached hydrogen (secondary N) is 1. The van der Waals surface area contributed by atoms with Crippen molar-refractivity contribution in [3.05, 3.63) is 70.3 Å². The van der Waals surface area contributed by atoms with Gasteiger partial charge < -0.3 is 14.4 Å². The lowest BCUT2D eigenvalue weighted by Gasteiger charge is -2.53. The van der Waals surface area contributed by atoms with Crippen LogP contribution in [0.4, 0.5) is 5.69 Å². The quantitative estimate of drug-likeness (QED) is 0.275. The van der Waals surface area contributed by atoms with Gasteiger partial charge in [0.1, 0.15) is 11.4 Å². The Bertz CT molecular complexity index is 1840. The summed E-state index contributed by atoms with van der Waals surface area (Å²) in [6.45, 7) is 11.6. The third-order valence-electron chi connectivity index (χ3n) is 14.1. The van der Waals surface area contributed by atoms with Gasteiger partial charge in [0.05, 0.1) is 22.0 Å². The number of piperazine rings is 1. The number of aryl methyl sites for hydroxylation is 1. The van der Waals surface area contributed by atoms with Crippen LogP contribution < -0.4 is 14.4 Å². The maximum Gasteiger partial charge on any atom is 0.262 e. The molecule has 2 bridgehead atoms. The predicted octanol–water partition coefficient (Wildman–Crippen LogP) is 6.74. The van der Waals surface area contributed by atoms with E-state index in [1.54, 1.807) is 0 Å². The van der Waals surface area contributed by atoms with E-state index in [-0.39, 0.29) is 22.5 Å². The van der Waals surface area contributed by atoms with Gasteiger partial charge in [0.15, 0.2) is 0 Å². The lowest BCUT2D eigenvalue weighted by atomic mass is 9.63. The van der Waals surface area contributed by atoms with Crippen molar-refractivity contribution >= 4 is 38.8 Å². The normalized spacial score (nSPS) is 37.2. The summed E-state index contributed by atoms with van der Waals surface area (Å²) in [5.74, 6) is 5.29. The van der Waals surface area contributed by atoms with Crippen LogP contribution in [0.1, 0.15) is 86.7 Å². The minimum atomic E-state index is -2.95. The van der Waals surface area contributed by atoms with E-state index in [4.69, 9.17) is 21.1 Å². The summed E-state index contributed by atoms with van der Waals surface area (Å²) >= 11 is 6.53. The van der Waals surface area contributed by atoms with Crippen molar-refractivity contribution in [2.24, 2.45) is 17.8 Å². The summed E-state index contributed by atoms with van der Waals surface area (Å²) in [4.78, 5) is 21.7. The Labute approximate surface area is 322 Å².